The molecule has 0 bridgehead atoms. The summed E-state index contributed by atoms with van der Waals surface area (Å²) in [5.74, 6) is -2.80. The van der Waals surface area contributed by atoms with E-state index in [2.05, 4.69) is 14.7 Å². The van der Waals surface area contributed by atoms with Gasteiger partial charge in [-0.05, 0) is 6.07 Å². The maximum atomic E-state index is 13.4. The molecule has 2 aromatic heterocycles. The zero-order valence-electron chi connectivity index (χ0n) is 8.95. The third-order valence-electron chi connectivity index (χ3n) is 2.09. The number of halogens is 4. The molecule has 2 heterocycles. The number of hydrogen-bond acceptors (Lipinski definition) is 4. The van der Waals surface area contributed by atoms with Crippen LogP contribution >= 0.6 is 0 Å². The minimum Gasteiger partial charge on any atom is -0.480 e. The summed E-state index contributed by atoms with van der Waals surface area (Å²) in [5, 5.41) is 0. The molecule has 18 heavy (non-hydrogen) atoms. The van der Waals surface area contributed by atoms with Crippen molar-refractivity contribution in [2.24, 2.45) is 0 Å². The molecule has 0 aliphatic carbocycles. The summed E-state index contributed by atoms with van der Waals surface area (Å²) in [5.41, 5.74) is -1.38. The fourth-order valence-electron chi connectivity index (χ4n) is 1.32. The molecule has 0 atom stereocenters. The Bertz CT molecular complexity index is 552. The molecular weight excluding hydrogens is 256 g/mol. The lowest BCUT2D eigenvalue weighted by molar-refractivity contribution is -0.142. The van der Waals surface area contributed by atoms with Crippen molar-refractivity contribution >= 4 is 0 Å². The van der Waals surface area contributed by atoms with Crippen molar-refractivity contribution in [1.82, 2.24) is 9.97 Å². The Balaban J connectivity index is 2.61. The number of hydrogen-bond donors (Lipinski definition) is 0. The molecule has 0 aliphatic heterocycles. The van der Waals surface area contributed by atoms with Crippen molar-refractivity contribution < 1.29 is 26.7 Å². The van der Waals surface area contributed by atoms with E-state index >= 15 is 0 Å². The highest BCUT2D eigenvalue weighted by atomic mass is 19.4. The van der Waals surface area contributed by atoms with Crippen LogP contribution in [-0.4, -0.2) is 17.1 Å². The largest absolute Gasteiger partial charge is 0.480 e. The quantitative estimate of drug-likeness (QED) is 0.616. The normalized spacial score (nSPS) is 11.6. The lowest BCUT2D eigenvalue weighted by Crippen LogP contribution is -2.14. The van der Waals surface area contributed by atoms with Crippen LogP contribution in [0.15, 0.2) is 23.0 Å². The first-order valence-electron chi connectivity index (χ1n) is 4.64. The second-order valence-corrected chi connectivity index (χ2v) is 3.23. The number of nitrogens with zero attached hydrogens (tertiary/aromatic N) is 2. The number of alkyl halides is 3. The minimum atomic E-state index is -4.93. The van der Waals surface area contributed by atoms with Crippen LogP contribution in [0.4, 0.5) is 17.6 Å². The lowest BCUT2D eigenvalue weighted by Gasteiger charge is -2.11. The first kappa shape index (κ1) is 12.3. The van der Waals surface area contributed by atoms with Crippen LogP contribution < -0.4 is 4.74 Å². The van der Waals surface area contributed by atoms with Gasteiger partial charge in [-0.15, -0.1) is 0 Å². The molecule has 0 radical (unpaired) electrons. The minimum absolute atomic E-state index is 0.244. The Morgan fingerprint density at radius 2 is 2.00 bits per heavy atom. The molecule has 0 fully saturated rings. The summed E-state index contributed by atoms with van der Waals surface area (Å²) in [4.78, 5) is 6.66. The summed E-state index contributed by atoms with van der Waals surface area (Å²) in [7, 11) is 0.968. The summed E-state index contributed by atoms with van der Waals surface area (Å²) < 4.78 is 60.2. The van der Waals surface area contributed by atoms with Crippen LogP contribution in [0.2, 0.25) is 0 Å². The molecule has 8 heteroatoms. The molecule has 2 aromatic rings. The second kappa shape index (κ2) is 4.28. The zero-order chi connectivity index (χ0) is 13.3. The molecule has 0 saturated carbocycles. The number of rotatable bonds is 2. The van der Waals surface area contributed by atoms with E-state index in [4.69, 9.17) is 4.42 Å². The van der Waals surface area contributed by atoms with Crippen molar-refractivity contribution in [3.05, 3.63) is 30.1 Å². The van der Waals surface area contributed by atoms with Gasteiger partial charge in [-0.3, -0.25) is 0 Å². The average molecular weight is 262 g/mol. The van der Waals surface area contributed by atoms with Crippen LogP contribution in [0.25, 0.3) is 11.4 Å². The van der Waals surface area contributed by atoms with E-state index in [9.17, 15) is 17.6 Å². The lowest BCUT2D eigenvalue weighted by atomic mass is 10.2. The van der Waals surface area contributed by atoms with Gasteiger partial charge in [0.25, 0.3) is 0 Å². The second-order valence-electron chi connectivity index (χ2n) is 3.23. The first-order chi connectivity index (χ1) is 8.43. The standard InChI is InChI=1S/C10H6F4N2O2/c1-17-9-6(10(12,13)14)7(11)15-8(16-9)5-2-3-18-4-5/h2-4H,1H3. The SMILES string of the molecule is COc1nc(-c2ccoc2)nc(F)c1C(F)(F)F. The molecule has 0 spiro atoms. The molecule has 0 aliphatic rings. The van der Waals surface area contributed by atoms with E-state index in [1.54, 1.807) is 0 Å². The Hall–Kier alpha value is -2.12. The van der Waals surface area contributed by atoms with Gasteiger partial charge < -0.3 is 9.15 Å². The smallest absolute Gasteiger partial charge is 0.426 e. The molecule has 96 valence electrons. The number of aromatic nitrogens is 2. The Kier molecular flexibility index (Phi) is 2.93. The fourth-order valence-corrected chi connectivity index (χ4v) is 1.32. The molecule has 0 N–H and O–H groups in total. The number of ether oxygens (including phenoxy) is 1. The molecule has 0 saturated heterocycles. The van der Waals surface area contributed by atoms with E-state index in [-0.39, 0.29) is 11.4 Å². The zero-order valence-corrected chi connectivity index (χ0v) is 8.95. The first-order valence-corrected chi connectivity index (χ1v) is 4.64. The van der Waals surface area contributed by atoms with Crippen molar-refractivity contribution in [2.45, 2.75) is 6.18 Å². The molecule has 0 unspecified atom stereocenters. The van der Waals surface area contributed by atoms with E-state index in [0.29, 0.717) is 0 Å². The van der Waals surface area contributed by atoms with E-state index in [1.807, 2.05) is 0 Å². The fraction of sp³-hybridized carbons (Fsp3) is 0.200. The van der Waals surface area contributed by atoms with Gasteiger partial charge in [0, 0.05) is 0 Å². The third kappa shape index (κ3) is 2.13. The number of furan rings is 1. The van der Waals surface area contributed by atoms with Crippen LogP contribution in [0.3, 0.4) is 0 Å². The van der Waals surface area contributed by atoms with Crippen LogP contribution in [-0.2, 0) is 6.18 Å². The summed E-state index contributed by atoms with van der Waals surface area (Å²) >= 11 is 0. The molecule has 4 nitrogen and oxygen atoms in total. The third-order valence-corrected chi connectivity index (χ3v) is 2.09. The Labute approximate surface area is 98.2 Å². The van der Waals surface area contributed by atoms with Crippen LogP contribution in [0.1, 0.15) is 5.56 Å². The van der Waals surface area contributed by atoms with E-state index in [0.717, 1.165) is 7.11 Å². The Morgan fingerprint density at radius 1 is 1.28 bits per heavy atom. The van der Waals surface area contributed by atoms with Crippen molar-refractivity contribution in [2.75, 3.05) is 7.11 Å². The van der Waals surface area contributed by atoms with Gasteiger partial charge in [-0.2, -0.15) is 27.5 Å². The summed E-state index contributed by atoms with van der Waals surface area (Å²) in [6.07, 6.45) is -2.48. The highest BCUT2D eigenvalue weighted by molar-refractivity contribution is 5.53. The molecule has 0 aromatic carbocycles. The maximum absolute atomic E-state index is 13.4. The Morgan fingerprint density at radius 3 is 2.50 bits per heavy atom. The van der Waals surface area contributed by atoms with Crippen LogP contribution in [0.5, 0.6) is 5.88 Å². The van der Waals surface area contributed by atoms with Gasteiger partial charge in [0.1, 0.15) is 6.26 Å². The van der Waals surface area contributed by atoms with Gasteiger partial charge in [0.05, 0.1) is 18.9 Å². The summed E-state index contributed by atoms with van der Waals surface area (Å²) in [6.45, 7) is 0. The van der Waals surface area contributed by atoms with Gasteiger partial charge in [-0.25, -0.2) is 0 Å². The topological polar surface area (TPSA) is 48.2 Å². The van der Waals surface area contributed by atoms with Crippen molar-refractivity contribution in [1.29, 1.82) is 0 Å². The maximum Gasteiger partial charge on any atom is 0.426 e. The predicted octanol–water partition coefficient (Wildman–Crippen LogP) is 2.90. The predicted molar refractivity (Wildman–Crippen MR) is 51.2 cm³/mol. The van der Waals surface area contributed by atoms with Crippen molar-refractivity contribution in [3.63, 3.8) is 0 Å². The highest BCUT2D eigenvalue weighted by Gasteiger charge is 2.40. The molecule has 0 amide bonds. The molecule has 2 rings (SSSR count). The van der Waals surface area contributed by atoms with Crippen LogP contribution in [0, 0.1) is 5.95 Å². The van der Waals surface area contributed by atoms with Gasteiger partial charge in [-0.1, -0.05) is 0 Å². The van der Waals surface area contributed by atoms with Gasteiger partial charge in [0.15, 0.2) is 11.4 Å². The average Bonchev–Trinajstić information content (AvgIpc) is 2.79. The monoisotopic (exact) mass is 262 g/mol. The van der Waals surface area contributed by atoms with Gasteiger partial charge in [0.2, 0.25) is 11.8 Å². The van der Waals surface area contributed by atoms with E-state index in [1.165, 1.54) is 18.6 Å². The van der Waals surface area contributed by atoms with E-state index < -0.39 is 23.6 Å². The van der Waals surface area contributed by atoms with Gasteiger partial charge >= 0.3 is 6.18 Å². The number of methoxy groups -OCH3 is 1. The molecular formula is C10H6F4N2O2. The van der Waals surface area contributed by atoms with Crippen molar-refractivity contribution in [3.8, 4) is 17.3 Å². The summed E-state index contributed by atoms with van der Waals surface area (Å²) in [6, 6.07) is 1.39. The highest BCUT2D eigenvalue weighted by Crippen LogP contribution is 2.37.